The molecule has 160 valence electrons. The van der Waals surface area contributed by atoms with E-state index in [9.17, 15) is 14.4 Å². The maximum atomic E-state index is 12.3. The molecule has 0 aliphatic rings. The number of nitrogens with one attached hydrogen (secondary N) is 2. The Morgan fingerprint density at radius 1 is 0.857 bits per heavy atom. The Balaban J connectivity index is 3.96. The summed E-state index contributed by atoms with van der Waals surface area (Å²) < 4.78 is 9.78. The van der Waals surface area contributed by atoms with Gasteiger partial charge in [0.15, 0.2) is 0 Å². The van der Waals surface area contributed by atoms with E-state index in [2.05, 4.69) is 30.7 Å². The average molecular weight is 398 g/mol. The summed E-state index contributed by atoms with van der Waals surface area (Å²) >= 11 is 0. The molecule has 0 atom stereocenters. The standard InChI is InChI=1S/C20H35N3O5/c1-4-7-12-15-23(20(26)28-17-6-3)18(24)21-13-10-8-9-11-14-22-19(25)27-16-5-2/h5-6H,2-4,7-17H2,1H3,(H,21,24)(H,22,25). The van der Waals surface area contributed by atoms with E-state index in [4.69, 9.17) is 9.47 Å². The van der Waals surface area contributed by atoms with E-state index in [0.717, 1.165) is 49.8 Å². The molecule has 0 rings (SSSR count). The van der Waals surface area contributed by atoms with Crippen LogP contribution >= 0.6 is 0 Å². The number of rotatable bonds is 15. The molecule has 0 saturated heterocycles. The van der Waals surface area contributed by atoms with Crippen LogP contribution in [0.25, 0.3) is 0 Å². The number of imide groups is 1. The summed E-state index contributed by atoms with van der Waals surface area (Å²) in [5, 5.41) is 5.41. The smallest absolute Gasteiger partial charge is 0.418 e. The van der Waals surface area contributed by atoms with Crippen molar-refractivity contribution in [3.05, 3.63) is 25.3 Å². The second-order valence-corrected chi connectivity index (χ2v) is 6.18. The Morgan fingerprint density at radius 3 is 2.07 bits per heavy atom. The molecule has 2 N–H and O–H groups in total. The van der Waals surface area contributed by atoms with Crippen LogP contribution in [0.5, 0.6) is 0 Å². The van der Waals surface area contributed by atoms with Crippen LogP contribution in [0, 0.1) is 0 Å². The van der Waals surface area contributed by atoms with Gasteiger partial charge in [-0.15, -0.1) is 0 Å². The van der Waals surface area contributed by atoms with Gasteiger partial charge in [-0.25, -0.2) is 19.3 Å². The van der Waals surface area contributed by atoms with Crippen LogP contribution in [0.2, 0.25) is 0 Å². The van der Waals surface area contributed by atoms with Gasteiger partial charge in [0.25, 0.3) is 0 Å². The van der Waals surface area contributed by atoms with Crippen molar-refractivity contribution in [3.8, 4) is 0 Å². The van der Waals surface area contributed by atoms with Gasteiger partial charge in [-0.05, 0) is 19.3 Å². The summed E-state index contributed by atoms with van der Waals surface area (Å²) in [6, 6.07) is -0.434. The molecule has 0 radical (unpaired) electrons. The van der Waals surface area contributed by atoms with E-state index in [-0.39, 0.29) is 13.2 Å². The number of alkyl carbamates (subject to hydrolysis) is 1. The molecule has 28 heavy (non-hydrogen) atoms. The molecule has 0 bridgehead atoms. The first-order valence-electron chi connectivity index (χ1n) is 9.91. The predicted octanol–water partition coefficient (Wildman–Crippen LogP) is 3.98. The SMILES string of the molecule is C=CCOC(=O)NCCCCCCNC(=O)N(CCCCC)C(=O)OCC=C. The minimum Gasteiger partial charge on any atom is -0.445 e. The van der Waals surface area contributed by atoms with Crippen molar-refractivity contribution in [2.75, 3.05) is 32.8 Å². The molecule has 0 fully saturated rings. The molecule has 0 spiro atoms. The van der Waals surface area contributed by atoms with Gasteiger partial charge in [-0.2, -0.15) is 0 Å². The Hall–Kier alpha value is -2.51. The summed E-state index contributed by atoms with van der Waals surface area (Å²) in [4.78, 5) is 36.6. The third-order valence-electron chi connectivity index (χ3n) is 3.76. The van der Waals surface area contributed by atoms with Gasteiger partial charge in [-0.3, -0.25) is 0 Å². The van der Waals surface area contributed by atoms with Crippen LogP contribution in [0.4, 0.5) is 14.4 Å². The monoisotopic (exact) mass is 397 g/mol. The van der Waals surface area contributed by atoms with Gasteiger partial charge < -0.3 is 20.1 Å². The molecular formula is C20H35N3O5. The van der Waals surface area contributed by atoms with Crippen LogP contribution in [0.15, 0.2) is 25.3 Å². The van der Waals surface area contributed by atoms with Crippen LogP contribution in [-0.4, -0.2) is 56.0 Å². The lowest BCUT2D eigenvalue weighted by atomic mass is 10.2. The van der Waals surface area contributed by atoms with Gasteiger partial charge in [0.2, 0.25) is 0 Å². The second kappa shape index (κ2) is 17.9. The normalized spacial score (nSPS) is 9.89. The highest BCUT2D eigenvalue weighted by Gasteiger charge is 2.21. The zero-order valence-corrected chi connectivity index (χ0v) is 17.0. The highest BCUT2D eigenvalue weighted by Crippen LogP contribution is 2.03. The van der Waals surface area contributed by atoms with E-state index in [1.54, 1.807) is 0 Å². The molecular weight excluding hydrogens is 362 g/mol. The Kier molecular flexibility index (Phi) is 16.3. The average Bonchev–Trinajstić information content (AvgIpc) is 2.69. The number of unbranched alkanes of at least 4 members (excludes halogenated alkanes) is 5. The summed E-state index contributed by atoms with van der Waals surface area (Å²) in [5.41, 5.74) is 0. The lowest BCUT2D eigenvalue weighted by Crippen LogP contribution is -2.45. The predicted molar refractivity (Wildman–Crippen MR) is 109 cm³/mol. The third-order valence-corrected chi connectivity index (χ3v) is 3.76. The maximum Gasteiger partial charge on any atom is 0.418 e. The van der Waals surface area contributed by atoms with Crippen LogP contribution in [-0.2, 0) is 9.47 Å². The van der Waals surface area contributed by atoms with Crippen LogP contribution in [0.3, 0.4) is 0 Å². The summed E-state index contributed by atoms with van der Waals surface area (Å²) in [5.74, 6) is 0. The van der Waals surface area contributed by atoms with Crippen molar-refractivity contribution in [3.63, 3.8) is 0 Å². The lowest BCUT2D eigenvalue weighted by Gasteiger charge is -2.20. The van der Waals surface area contributed by atoms with Crippen LogP contribution < -0.4 is 10.6 Å². The molecule has 8 nitrogen and oxygen atoms in total. The summed E-state index contributed by atoms with van der Waals surface area (Å²) in [7, 11) is 0. The molecule has 0 aliphatic heterocycles. The fraction of sp³-hybridized carbons (Fsp3) is 0.650. The van der Waals surface area contributed by atoms with E-state index in [0.29, 0.717) is 19.6 Å². The molecule has 0 aromatic carbocycles. The van der Waals surface area contributed by atoms with Gasteiger partial charge in [0.1, 0.15) is 13.2 Å². The third kappa shape index (κ3) is 13.7. The van der Waals surface area contributed by atoms with Crippen molar-refractivity contribution < 1.29 is 23.9 Å². The fourth-order valence-electron chi connectivity index (χ4n) is 2.27. The van der Waals surface area contributed by atoms with Gasteiger partial charge in [-0.1, -0.05) is 57.9 Å². The highest BCUT2D eigenvalue weighted by molar-refractivity contribution is 5.90. The number of carbonyl (C=O) groups excluding carboxylic acids is 3. The molecule has 0 saturated carbocycles. The molecule has 0 unspecified atom stereocenters. The topological polar surface area (TPSA) is 97.0 Å². The van der Waals surface area contributed by atoms with Crippen LogP contribution in [0.1, 0.15) is 51.9 Å². The Morgan fingerprint density at radius 2 is 1.46 bits per heavy atom. The number of hydrogen-bond donors (Lipinski definition) is 2. The van der Waals surface area contributed by atoms with E-state index in [1.165, 1.54) is 12.2 Å². The van der Waals surface area contributed by atoms with E-state index >= 15 is 0 Å². The minimum absolute atomic E-state index is 0.0750. The number of carbonyl (C=O) groups is 3. The Labute approximate surface area is 168 Å². The first-order chi connectivity index (χ1) is 13.6. The Bertz CT molecular complexity index is 482. The first-order valence-corrected chi connectivity index (χ1v) is 9.91. The zero-order chi connectivity index (χ0) is 21.0. The quantitative estimate of drug-likeness (QED) is 0.322. The number of nitrogens with zero attached hydrogens (tertiary/aromatic N) is 1. The zero-order valence-electron chi connectivity index (χ0n) is 17.0. The number of ether oxygens (including phenoxy) is 2. The van der Waals surface area contributed by atoms with E-state index < -0.39 is 18.2 Å². The number of hydrogen-bond acceptors (Lipinski definition) is 5. The van der Waals surface area contributed by atoms with Gasteiger partial charge in [0.05, 0.1) is 0 Å². The fourth-order valence-corrected chi connectivity index (χ4v) is 2.27. The maximum absolute atomic E-state index is 12.3. The largest absolute Gasteiger partial charge is 0.445 e. The first kappa shape index (κ1) is 25.5. The summed E-state index contributed by atoms with van der Waals surface area (Å²) in [6.45, 7) is 10.7. The van der Waals surface area contributed by atoms with Gasteiger partial charge in [0, 0.05) is 19.6 Å². The molecule has 0 aromatic rings. The molecule has 8 heteroatoms. The molecule has 0 aromatic heterocycles. The van der Waals surface area contributed by atoms with E-state index in [1.807, 2.05) is 0 Å². The second-order valence-electron chi connectivity index (χ2n) is 6.18. The number of amides is 4. The molecule has 4 amide bonds. The van der Waals surface area contributed by atoms with Crippen molar-refractivity contribution >= 4 is 18.2 Å². The molecule has 0 heterocycles. The van der Waals surface area contributed by atoms with Crippen molar-refractivity contribution in [1.29, 1.82) is 0 Å². The highest BCUT2D eigenvalue weighted by atomic mass is 16.6. The van der Waals surface area contributed by atoms with Crippen molar-refractivity contribution in [1.82, 2.24) is 15.5 Å². The minimum atomic E-state index is -0.650. The number of urea groups is 1. The van der Waals surface area contributed by atoms with Crippen molar-refractivity contribution in [2.45, 2.75) is 51.9 Å². The van der Waals surface area contributed by atoms with Crippen molar-refractivity contribution in [2.24, 2.45) is 0 Å². The van der Waals surface area contributed by atoms with Gasteiger partial charge >= 0.3 is 18.2 Å². The summed E-state index contributed by atoms with van der Waals surface area (Å²) in [6.07, 6.45) is 8.00. The lowest BCUT2D eigenvalue weighted by molar-refractivity contribution is 0.118. The molecule has 0 aliphatic carbocycles.